The molecule has 0 amide bonds. The van der Waals surface area contributed by atoms with Crippen molar-refractivity contribution < 1.29 is 0 Å². The summed E-state index contributed by atoms with van der Waals surface area (Å²) in [6.45, 7) is 13.9. The second-order valence-corrected chi connectivity index (χ2v) is 24.0. The molecule has 3 heteroatoms. The molecule has 1 aromatic heterocycles. The van der Waals surface area contributed by atoms with Crippen LogP contribution in [-0.2, 0) is 5.41 Å². The third-order valence-electron chi connectivity index (χ3n) is 18.9. The van der Waals surface area contributed by atoms with Crippen molar-refractivity contribution in [1.29, 1.82) is 0 Å². The van der Waals surface area contributed by atoms with Crippen LogP contribution in [0.3, 0.4) is 0 Å². The normalized spacial score (nSPS) is 22.7. The molecule has 0 aliphatic heterocycles. The molecule has 1 nitrogen and oxygen atoms in total. The fraction of sp³-hybridized carbons (Fsp3) is 0.246. The van der Waals surface area contributed by atoms with E-state index in [1.54, 1.807) is 11.1 Å². The molecule has 72 heavy (non-hydrogen) atoms. The number of benzene rings is 9. The van der Waals surface area contributed by atoms with E-state index in [-0.39, 0.29) is 12.1 Å². The molecule has 0 saturated heterocycles. The van der Waals surface area contributed by atoms with Gasteiger partial charge in [-0.25, -0.2) is 0 Å². The monoisotopic (exact) mass is 947 g/mol. The minimum Gasteiger partial charge on any atom is -0.310 e. The van der Waals surface area contributed by atoms with Crippen LogP contribution >= 0.6 is 11.3 Å². The molecule has 0 bridgehead atoms. The van der Waals surface area contributed by atoms with Crippen molar-refractivity contribution in [2.75, 3.05) is 4.90 Å². The number of anilines is 3. The summed E-state index contributed by atoms with van der Waals surface area (Å²) in [5.41, 5.74) is 22.5. The quantitative estimate of drug-likeness (QED) is 0.130. The van der Waals surface area contributed by atoms with Gasteiger partial charge >= 0.3 is 0 Å². The van der Waals surface area contributed by atoms with E-state index in [4.69, 9.17) is 0 Å². The molecular formula is C69H62BNS. The van der Waals surface area contributed by atoms with Crippen LogP contribution in [-0.4, -0.2) is 6.71 Å². The Kier molecular flexibility index (Phi) is 10.0. The molecule has 1 heterocycles. The van der Waals surface area contributed by atoms with Gasteiger partial charge in [-0.1, -0.05) is 177 Å². The topological polar surface area (TPSA) is 3.24 Å². The van der Waals surface area contributed by atoms with Crippen molar-refractivity contribution >= 4 is 82.4 Å². The van der Waals surface area contributed by atoms with Crippen LogP contribution in [0.25, 0.3) is 42.1 Å². The van der Waals surface area contributed by atoms with E-state index >= 15 is 0 Å². The van der Waals surface area contributed by atoms with Crippen molar-refractivity contribution in [2.24, 2.45) is 23.2 Å². The minimum absolute atomic E-state index is 0.154. The number of fused-ring (bicyclic) bond motifs is 4. The lowest BCUT2D eigenvalue weighted by molar-refractivity contribution is -0.0165. The first-order valence-corrected chi connectivity index (χ1v) is 27.5. The molecule has 1 spiro atoms. The second-order valence-electron chi connectivity index (χ2n) is 23.0. The molecule has 4 aliphatic carbocycles. The summed E-state index contributed by atoms with van der Waals surface area (Å²) in [6.07, 6.45) is 6.89. The van der Waals surface area contributed by atoms with Crippen LogP contribution < -0.4 is 21.3 Å². The Morgan fingerprint density at radius 2 is 1.10 bits per heavy atom. The lowest BCUT2D eigenvalue weighted by Gasteiger charge is -2.54. The van der Waals surface area contributed by atoms with Gasteiger partial charge in [-0.05, 0) is 196 Å². The Morgan fingerprint density at radius 3 is 1.79 bits per heavy atom. The van der Waals surface area contributed by atoms with Gasteiger partial charge in [0, 0.05) is 37.3 Å². The first kappa shape index (κ1) is 44.1. The molecule has 4 fully saturated rings. The summed E-state index contributed by atoms with van der Waals surface area (Å²) in [4.78, 5) is 2.43. The Bertz CT molecular complexity index is 3690. The molecule has 14 rings (SSSR count). The van der Waals surface area contributed by atoms with E-state index < -0.39 is 0 Å². The van der Waals surface area contributed by atoms with Crippen LogP contribution in [0.1, 0.15) is 82.5 Å². The highest BCUT2D eigenvalue weighted by molar-refractivity contribution is 7.25. The third-order valence-corrected chi connectivity index (χ3v) is 20.0. The van der Waals surface area contributed by atoms with Crippen LogP contribution in [0.5, 0.6) is 0 Å². The molecule has 9 aromatic carbocycles. The van der Waals surface area contributed by atoms with Crippen molar-refractivity contribution in [1.82, 2.24) is 0 Å². The maximum Gasteiger partial charge on any atom is 0.242 e. The largest absolute Gasteiger partial charge is 0.310 e. The first-order chi connectivity index (χ1) is 35.1. The molecule has 10 aromatic rings. The van der Waals surface area contributed by atoms with Gasteiger partial charge in [-0.2, -0.15) is 0 Å². The average molecular weight is 948 g/mol. The Morgan fingerprint density at radius 1 is 0.500 bits per heavy atom. The van der Waals surface area contributed by atoms with E-state index in [0.717, 1.165) is 17.8 Å². The highest BCUT2D eigenvalue weighted by Gasteiger charge is 2.81. The number of nitrogens with zero attached hydrogens (tertiary/aromatic N) is 1. The summed E-state index contributed by atoms with van der Waals surface area (Å²) in [6, 6.07) is 70.4. The van der Waals surface area contributed by atoms with Gasteiger partial charge < -0.3 is 4.90 Å². The number of hydrogen-bond donors (Lipinski definition) is 0. The van der Waals surface area contributed by atoms with Gasteiger partial charge in [0.2, 0.25) is 6.71 Å². The predicted molar refractivity (Wildman–Crippen MR) is 310 cm³/mol. The molecule has 352 valence electrons. The lowest BCUT2D eigenvalue weighted by Crippen LogP contribution is -2.55. The number of hydrogen-bond acceptors (Lipinski definition) is 2. The van der Waals surface area contributed by atoms with Crippen LogP contribution in [0, 0.1) is 64.7 Å². The smallest absolute Gasteiger partial charge is 0.242 e. The van der Waals surface area contributed by atoms with Gasteiger partial charge in [0.15, 0.2) is 0 Å². The molecule has 0 N–H and O–H groups in total. The van der Waals surface area contributed by atoms with E-state index in [2.05, 4.69) is 228 Å². The van der Waals surface area contributed by atoms with Crippen LogP contribution in [0.15, 0.2) is 182 Å². The fourth-order valence-corrected chi connectivity index (χ4v) is 17.2. The summed E-state index contributed by atoms with van der Waals surface area (Å²) in [7, 11) is 0. The SMILES string of the molecule is Cc1cc(C)c(B(c2ccc3sc4ccc(-c5ccc(C67CC(c8ccc(N(c9ccccc9)c9ccc%10ccccc%10c9)cc8)C8CCC9CC6(C7)C98)cc5)cc4c3c2)c2c(C)cc(C)cc2C)c(C)c1. The highest BCUT2D eigenvalue weighted by atomic mass is 32.1. The van der Waals surface area contributed by atoms with Crippen LogP contribution in [0.2, 0.25) is 0 Å². The summed E-state index contributed by atoms with van der Waals surface area (Å²) in [5.74, 6) is 3.17. The maximum absolute atomic E-state index is 2.55. The van der Waals surface area contributed by atoms with E-state index in [9.17, 15) is 0 Å². The van der Waals surface area contributed by atoms with Crippen LogP contribution in [0.4, 0.5) is 17.1 Å². The van der Waals surface area contributed by atoms with Crippen molar-refractivity contribution in [3.63, 3.8) is 0 Å². The van der Waals surface area contributed by atoms with Crippen molar-refractivity contribution in [3.8, 4) is 11.1 Å². The van der Waals surface area contributed by atoms with Crippen molar-refractivity contribution in [2.45, 2.75) is 85.0 Å². The number of thiophene rings is 1. The Labute approximate surface area is 430 Å². The zero-order chi connectivity index (χ0) is 48.6. The minimum atomic E-state index is 0.154. The van der Waals surface area contributed by atoms with Crippen molar-refractivity contribution in [3.05, 3.63) is 226 Å². The van der Waals surface area contributed by atoms with Gasteiger partial charge in [0.05, 0.1) is 0 Å². The first-order valence-electron chi connectivity index (χ1n) is 26.7. The zero-order valence-corrected chi connectivity index (χ0v) is 43.4. The lowest BCUT2D eigenvalue weighted by atomic mass is 9.34. The van der Waals surface area contributed by atoms with E-state index in [1.165, 1.54) is 141 Å². The van der Waals surface area contributed by atoms with Gasteiger partial charge in [0.1, 0.15) is 0 Å². The molecule has 4 saturated carbocycles. The molecule has 0 radical (unpaired) electrons. The predicted octanol–water partition coefficient (Wildman–Crippen LogP) is 16.6. The van der Waals surface area contributed by atoms with Gasteiger partial charge in [0.25, 0.3) is 0 Å². The Hall–Kier alpha value is -6.68. The molecule has 6 atom stereocenters. The summed E-state index contributed by atoms with van der Waals surface area (Å²) in [5, 5.41) is 5.27. The third kappa shape index (κ3) is 6.72. The standard InChI is InChI=1S/C69H62BNS/c1-42-32-44(3)66(45(4)33-42)70(67-46(5)34-43(2)35-47(67)6)55-25-31-64-61(38-55)60-37-52(22-30-63(60)72-64)49-16-23-54(24-17-49)68-40-62(59-29-21-53-39-69(68,41-68)65(53)59)50-19-26-57(27-20-50)71(56-14-8-7-9-15-56)58-28-18-48-12-10-11-13-51(48)36-58/h7-20,22-28,30-38,53,59,62,65H,21,29,39-41H2,1-6H3. The van der Waals surface area contributed by atoms with E-state index in [1.807, 2.05) is 11.3 Å². The second kappa shape index (κ2) is 16.4. The molecule has 6 unspecified atom stereocenters. The number of rotatable bonds is 9. The number of aryl methyl sites for hydroxylation is 6. The average Bonchev–Trinajstić information content (AvgIpc) is 3.74. The number of para-hydroxylation sites is 1. The summed E-state index contributed by atoms with van der Waals surface area (Å²) >= 11 is 1.93. The maximum atomic E-state index is 2.55. The molecule has 4 aliphatic rings. The summed E-state index contributed by atoms with van der Waals surface area (Å²) < 4.78 is 2.72. The fourth-order valence-electron chi connectivity index (χ4n) is 16.1. The Balaban J connectivity index is 0.786. The van der Waals surface area contributed by atoms with Gasteiger partial charge in [-0.15, -0.1) is 11.3 Å². The van der Waals surface area contributed by atoms with E-state index in [0.29, 0.717) is 11.3 Å². The zero-order valence-electron chi connectivity index (χ0n) is 42.6. The highest BCUT2D eigenvalue weighted by Crippen LogP contribution is 2.87. The van der Waals surface area contributed by atoms with Gasteiger partial charge in [-0.3, -0.25) is 0 Å². The molecular weight excluding hydrogens is 886 g/mol.